The topological polar surface area (TPSA) is 88.8 Å². The molecule has 0 spiro atoms. The van der Waals surface area contributed by atoms with Gasteiger partial charge in [-0.3, -0.25) is 9.59 Å². The van der Waals surface area contributed by atoms with Crippen LogP contribution in [0.4, 0.5) is 0 Å². The molecule has 5 heteroatoms. The quantitative estimate of drug-likeness (QED) is 0.667. The Morgan fingerprint density at radius 3 is 2.36 bits per heavy atom. The van der Waals surface area contributed by atoms with E-state index >= 15 is 0 Å². The van der Waals surface area contributed by atoms with Gasteiger partial charge in [0.1, 0.15) is 6.04 Å². The van der Waals surface area contributed by atoms with Crippen molar-refractivity contribution in [3.8, 4) is 0 Å². The van der Waals surface area contributed by atoms with Crippen LogP contribution in [0.15, 0.2) is 24.3 Å². The van der Waals surface area contributed by atoms with Crippen LogP contribution in [-0.2, 0) is 9.59 Å². The molecule has 1 saturated carbocycles. The fourth-order valence-corrected chi connectivity index (χ4v) is 3.71. The van der Waals surface area contributed by atoms with Crippen LogP contribution in [0.5, 0.6) is 0 Å². The number of benzene rings is 1. The first kappa shape index (κ1) is 19.4. The SMILES string of the molecule is CC(C)[C@H]([NH2+]CC(=O)NCC(N)=O)c1ccc(C2CCCCC2)cc1. The van der Waals surface area contributed by atoms with Gasteiger partial charge in [0.15, 0.2) is 6.54 Å². The van der Waals surface area contributed by atoms with Crippen molar-refractivity contribution in [2.75, 3.05) is 13.1 Å². The number of primary amides is 1. The molecule has 5 nitrogen and oxygen atoms in total. The molecule has 1 aliphatic rings. The monoisotopic (exact) mass is 346 g/mol. The van der Waals surface area contributed by atoms with Crippen LogP contribution in [0.1, 0.15) is 69.0 Å². The summed E-state index contributed by atoms with van der Waals surface area (Å²) in [7, 11) is 0. The van der Waals surface area contributed by atoms with Gasteiger partial charge in [0.05, 0.1) is 6.54 Å². The van der Waals surface area contributed by atoms with Gasteiger partial charge in [-0.05, 0) is 24.3 Å². The second kappa shape index (κ2) is 9.56. The minimum atomic E-state index is -0.521. The van der Waals surface area contributed by atoms with Crippen LogP contribution < -0.4 is 16.4 Å². The molecule has 1 aromatic rings. The molecule has 0 radical (unpaired) electrons. The first-order valence-corrected chi connectivity index (χ1v) is 9.45. The Morgan fingerprint density at radius 1 is 1.16 bits per heavy atom. The van der Waals surface area contributed by atoms with E-state index in [0.717, 1.165) is 0 Å². The number of hydrogen-bond donors (Lipinski definition) is 3. The van der Waals surface area contributed by atoms with E-state index in [2.05, 4.69) is 43.4 Å². The lowest BCUT2D eigenvalue weighted by Crippen LogP contribution is -2.88. The molecule has 0 aliphatic heterocycles. The highest BCUT2D eigenvalue weighted by molar-refractivity contribution is 5.83. The zero-order chi connectivity index (χ0) is 18.2. The number of nitrogens with two attached hydrogens (primary N) is 2. The van der Waals surface area contributed by atoms with E-state index in [1.54, 1.807) is 0 Å². The fraction of sp³-hybridized carbons (Fsp3) is 0.600. The summed E-state index contributed by atoms with van der Waals surface area (Å²) >= 11 is 0. The molecule has 0 bridgehead atoms. The molecular weight excluding hydrogens is 314 g/mol. The normalized spacial score (nSPS) is 16.6. The molecule has 0 heterocycles. The van der Waals surface area contributed by atoms with Crippen molar-refractivity contribution in [2.45, 2.75) is 57.9 Å². The van der Waals surface area contributed by atoms with Crippen molar-refractivity contribution in [3.63, 3.8) is 0 Å². The fourth-order valence-electron chi connectivity index (χ4n) is 3.71. The van der Waals surface area contributed by atoms with E-state index in [-0.39, 0.29) is 18.5 Å². The molecule has 25 heavy (non-hydrogen) atoms. The van der Waals surface area contributed by atoms with Gasteiger partial charge in [0.25, 0.3) is 5.91 Å². The number of carbonyl (C=O) groups is 2. The summed E-state index contributed by atoms with van der Waals surface area (Å²) in [6, 6.07) is 9.18. The molecule has 0 unspecified atom stereocenters. The standard InChI is InChI=1S/C20H31N3O2/c1-14(2)20(23-13-19(25)22-12-18(21)24)17-10-8-16(9-11-17)15-6-4-3-5-7-15/h8-11,14-15,20,23H,3-7,12-13H2,1-2H3,(H2,21,24)(H,22,25)/p+1/t20-/m0/s1. The number of nitrogens with one attached hydrogen (secondary N) is 1. The summed E-state index contributed by atoms with van der Waals surface area (Å²) in [6.45, 7) is 4.52. The second-order valence-electron chi connectivity index (χ2n) is 7.45. The maximum absolute atomic E-state index is 11.8. The largest absolute Gasteiger partial charge is 0.368 e. The van der Waals surface area contributed by atoms with Gasteiger partial charge in [-0.25, -0.2) is 0 Å². The average Bonchev–Trinajstić information content (AvgIpc) is 2.61. The smallest absolute Gasteiger partial charge is 0.275 e. The van der Waals surface area contributed by atoms with Crippen LogP contribution in [-0.4, -0.2) is 24.9 Å². The average molecular weight is 346 g/mol. The lowest BCUT2D eigenvalue weighted by molar-refractivity contribution is -0.692. The van der Waals surface area contributed by atoms with Crippen LogP contribution in [0, 0.1) is 5.92 Å². The molecule has 0 saturated heterocycles. The molecule has 1 fully saturated rings. The molecule has 1 aromatic carbocycles. The van der Waals surface area contributed by atoms with Gasteiger partial charge in [0, 0.05) is 11.5 Å². The summed E-state index contributed by atoms with van der Waals surface area (Å²) in [4.78, 5) is 22.5. The van der Waals surface area contributed by atoms with Crippen molar-refractivity contribution in [2.24, 2.45) is 11.7 Å². The van der Waals surface area contributed by atoms with Crippen molar-refractivity contribution < 1.29 is 14.9 Å². The highest BCUT2D eigenvalue weighted by Crippen LogP contribution is 2.33. The molecule has 2 rings (SSSR count). The van der Waals surface area contributed by atoms with Gasteiger partial charge in [0.2, 0.25) is 5.91 Å². The molecule has 5 N–H and O–H groups in total. The Kier molecular flexibility index (Phi) is 7.44. The van der Waals surface area contributed by atoms with E-state index in [1.165, 1.54) is 43.2 Å². The number of carbonyl (C=O) groups excluding carboxylic acids is 2. The zero-order valence-corrected chi connectivity index (χ0v) is 15.5. The minimum absolute atomic E-state index is 0.102. The maximum atomic E-state index is 11.8. The molecule has 138 valence electrons. The molecule has 2 amide bonds. The predicted molar refractivity (Wildman–Crippen MR) is 98.8 cm³/mol. The van der Waals surface area contributed by atoms with Crippen LogP contribution in [0.25, 0.3) is 0 Å². The number of quaternary nitrogens is 1. The first-order valence-electron chi connectivity index (χ1n) is 9.45. The van der Waals surface area contributed by atoms with E-state index in [0.29, 0.717) is 18.4 Å². The first-order chi connectivity index (χ1) is 12.0. The van der Waals surface area contributed by atoms with Gasteiger partial charge in [-0.15, -0.1) is 0 Å². The maximum Gasteiger partial charge on any atom is 0.275 e. The molecular formula is C20H32N3O2+. The van der Waals surface area contributed by atoms with E-state index in [1.807, 2.05) is 5.32 Å². The van der Waals surface area contributed by atoms with E-state index in [4.69, 9.17) is 5.73 Å². The van der Waals surface area contributed by atoms with Crippen molar-refractivity contribution in [1.82, 2.24) is 5.32 Å². The molecule has 0 aromatic heterocycles. The van der Waals surface area contributed by atoms with Gasteiger partial charge >= 0.3 is 0 Å². The Labute approximate surface area is 150 Å². The summed E-state index contributed by atoms with van der Waals surface area (Å²) in [5, 5.41) is 4.57. The van der Waals surface area contributed by atoms with Crippen molar-refractivity contribution in [3.05, 3.63) is 35.4 Å². The van der Waals surface area contributed by atoms with Crippen molar-refractivity contribution in [1.29, 1.82) is 0 Å². The van der Waals surface area contributed by atoms with Gasteiger partial charge in [-0.1, -0.05) is 57.4 Å². The lowest BCUT2D eigenvalue weighted by atomic mass is 9.83. The Morgan fingerprint density at radius 2 is 1.80 bits per heavy atom. The lowest BCUT2D eigenvalue weighted by Gasteiger charge is -2.23. The third kappa shape index (κ3) is 6.16. The van der Waals surface area contributed by atoms with E-state index < -0.39 is 5.91 Å². The number of amides is 2. The van der Waals surface area contributed by atoms with Crippen molar-refractivity contribution >= 4 is 11.8 Å². The number of rotatable bonds is 8. The van der Waals surface area contributed by atoms with Gasteiger partial charge < -0.3 is 16.4 Å². The zero-order valence-electron chi connectivity index (χ0n) is 15.5. The Hall–Kier alpha value is -1.88. The summed E-state index contributed by atoms with van der Waals surface area (Å²) < 4.78 is 0. The van der Waals surface area contributed by atoms with Crippen LogP contribution in [0.3, 0.4) is 0 Å². The Bertz CT molecular complexity index is 563. The third-order valence-electron chi connectivity index (χ3n) is 5.13. The third-order valence-corrected chi connectivity index (χ3v) is 5.13. The Balaban J connectivity index is 1.94. The van der Waals surface area contributed by atoms with E-state index in [9.17, 15) is 9.59 Å². The number of hydrogen-bond acceptors (Lipinski definition) is 2. The van der Waals surface area contributed by atoms with Crippen LogP contribution in [0.2, 0.25) is 0 Å². The highest BCUT2D eigenvalue weighted by Gasteiger charge is 2.21. The van der Waals surface area contributed by atoms with Crippen LogP contribution >= 0.6 is 0 Å². The predicted octanol–water partition coefficient (Wildman–Crippen LogP) is 1.60. The minimum Gasteiger partial charge on any atom is -0.368 e. The highest BCUT2D eigenvalue weighted by atomic mass is 16.2. The summed E-state index contributed by atoms with van der Waals surface area (Å²) in [5.41, 5.74) is 7.74. The molecule has 1 atom stereocenters. The van der Waals surface area contributed by atoms with Gasteiger partial charge in [-0.2, -0.15) is 0 Å². The summed E-state index contributed by atoms with van der Waals surface area (Å²) in [6.07, 6.45) is 6.67. The second-order valence-corrected chi connectivity index (χ2v) is 7.45. The summed E-state index contributed by atoms with van der Waals surface area (Å²) in [5.74, 6) is 0.434. The molecule has 1 aliphatic carbocycles.